The molecule has 20 heavy (non-hydrogen) atoms. The van der Waals surface area contributed by atoms with Crippen molar-refractivity contribution in [2.75, 3.05) is 0 Å². The summed E-state index contributed by atoms with van der Waals surface area (Å²) in [6, 6.07) is 0.129. The van der Waals surface area contributed by atoms with Crippen LogP contribution in [0.1, 0.15) is 52.4 Å². The van der Waals surface area contributed by atoms with E-state index in [1.54, 1.807) is 0 Å². The zero-order chi connectivity index (χ0) is 14.7. The van der Waals surface area contributed by atoms with E-state index in [2.05, 4.69) is 24.5 Å². The molecule has 114 valence electrons. The summed E-state index contributed by atoms with van der Waals surface area (Å²) in [7, 11) is 0. The molecule has 3 unspecified atom stereocenters. The van der Waals surface area contributed by atoms with Gasteiger partial charge in [0.1, 0.15) is 0 Å². The molecule has 0 heterocycles. The first-order valence-electron chi connectivity index (χ1n) is 7.75. The number of nitrogens with one attached hydrogen (secondary N) is 2. The zero-order valence-electron chi connectivity index (χ0n) is 12.4. The van der Waals surface area contributed by atoms with Gasteiger partial charge in [-0.15, -0.1) is 0 Å². The molecule has 0 aromatic heterocycles. The Labute approximate surface area is 120 Å². The molecule has 0 saturated heterocycles. The molecule has 5 heteroatoms. The van der Waals surface area contributed by atoms with Crippen molar-refractivity contribution in [3.05, 3.63) is 0 Å². The van der Waals surface area contributed by atoms with Gasteiger partial charge in [-0.2, -0.15) is 0 Å². The van der Waals surface area contributed by atoms with Gasteiger partial charge in [0, 0.05) is 12.1 Å². The minimum atomic E-state index is -0.746. The fraction of sp³-hybridized carbons (Fsp3) is 0.867. The smallest absolute Gasteiger partial charge is 0.315 e. The van der Waals surface area contributed by atoms with Crippen LogP contribution in [0, 0.1) is 17.8 Å². The lowest BCUT2D eigenvalue weighted by molar-refractivity contribution is -0.141. The molecule has 2 amide bonds. The van der Waals surface area contributed by atoms with E-state index in [0.717, 1.165) is 25.2 Å². The monoisotopic (exact) mass is 282 g/mol. The molecule has 0 bridgehead atoms. The Hall–Kier alpha value is -1.26. The lowest BCUT2D eigenvalue weighted by atomic mass is 9.80. The Morgan fingerprint density at radius 2 is 1.75 bits per heavy atom. The molecule has 0 aromatic carbocycles. The lowest BCUT2D eigenvalue weighted by Crippen LogP contribution is -2.49. The van der Waals surface area contributed by atoms with Gasteiger partial charge in [-0.25, -0.2) is 4.79 Å². The first kappa shape index (κ1) is 15.1. The maximum absolute atomic E-state index is 12.0. The third kappa shape index (κ3) is 3.87. The highest BCUT2D eigenvalue weighted by atomic mass is 16.4. The maximum atomic E-state index is 12.0. The Balaban J connectivity index is 1.74. The number of carboxylic acids is 1. The molecule has 2 fully saturated rings. The number of hydrogen-bond donors (Lipinski definition) is 3. The fourth-order valence-corrected chi connectivity index (χ4v) is 3.61. The first-order chi connectivity index (χ1) is 9.45. The Bertz CT molecular complexity index is 372. The van der Waals surface area contributed by atoms with Crippen LogP contribution in [0.3, 0.4) is 0 Å². The number of carboxylic acid groups (broad SMARTS) is 1. The molecule has 3 N–H and O–H groups in total. The summed E-state index contributed by atoms with van der Waals surface area (Å²) in [5.74, 6) is 0.219. The SMILES string of the molecule is CC1CCC(NC(=O)N[C@H]2CC[C@@H](C(=O)O)C2)C(C)C1. The van der Waals surface area contributed by atoms with E-state index in [9.17, 15) is 9.59 Å². The summed E-state index contributed by atoms with van der Waals surface area (Å²) < 4.78 is 0. The van der Waals surface area contributed by atoms with E-state index in [-0.39, 0.29) is 24.0 Å². The van der Waals surface area contributed by atoms with Gasteiger partial charge in [-0.05, 0) is 50.4 Å². The molecule has 2 saturated carbocycles. The number of hydrogen-bond acceptors (Lipinski definition) is 2. The van der Waals surface area contributed by atoms with Gasteiger partial charge in [-0.3, -0.25) is 4.79 Å². The lowest BCUT2D eigenvalue weighted by Gasteiger charge is -2.33. The van der Waals surface area contributed by atoms with Crippen molar-refractivity contribution in [2.24, 2.45) is 17.8 Å². The highest BCUT2D eigenvalue weighted by Crippen LogP contribution is 2.29. The molecular weight excluding hydrogens is 256 g/mol. The third-order valence-electron chi connectivity index (χ3n) is 4.87. The van der Waals surface area contributed by atoms with Crippen molar-refractivity contribution >= 4 is 12.0 Å². The van der Waals surface area contributed by atoms with Crippen LogP contribution in [0.15, 0.2) is 0 Å². The van der Waals surface area contributed by atoms with Gasteiger partial charge in [0.2, 0.25) is 0 Å². The maximum Gasteiger partial charge on any atom is 0.315 e. The molecule has 0 spiro atoms. The Morgan fingerprint density at radius 1 is 1.00 bits per heavy atom. The summed E-state index contributed by atoms with van der Waals surface area (Å²) in [5, 5.41) is 14.9. The largest absolute Gasteiger partial charge is 0.481 e. The van der Waals surface area contributed by atoms with E-state index in [4.69, 9.17) is 5.11 Å². The number of carbonyl (C=O) groups excluding carboxylic acids is 1. The minimum Gasteiger partial charge on any atom is -0.481 e. The van der Waals surface area contributed by atoms with Gasteiger partial charge >= 0.3 is 12.0 Å². The summed E-state index contributed by atoms with van der Waals surface area (Å²) in [4.78, 5) is 22.9. The van der Waals surface area contributed by atoms with E-state index in [0.29, 0.717) is 18.8 Å². The van der Waals surface area contributed by atoms with Gasteiger partial charge in [0.25, 0.3) is 0 Å². The quantitative estimate of drug-likeness (QED) is 0.743. The number of aliphatic carboxylic acids is 1. The summed E-state index contributed by atoms with van der Waals surface area (Å²) in [6.45, 7) is 4.45. The summed E-state index contributed by atoms with van der Waals surface area (Å²) in [6.07, 6.45) is 5.35. The van der Waals surface area contributed by atoms with Crippen LogP contribution >= 0.6 is 0 Å². The van der Waals surface area contributed by atoms with Crippen LogP contribution in [-0.4, -0.2) is 29.2 Å². The van der Waals surface area contributed by atoms with Crippen LogP contribution in [0.5, 0.6) is 0 Å². The van der Waals surface area contributed by atoms with Crippen molar-refractivity contribution in [3.8, 4) is 0 Å². The summed E-state index contributed by atoms with van der Waals surface area (Å²) in [5.41, 5.74) is 0. The second-order valence-electron chi connectivity index (χ2n) is 6.66. The molecular formula is C15H26N2O3. The third-order valence-corrected chi connectivity index (χ3v) is 4.87. The molecule has 0 aliphatic heterocycles. The van der Waals surface area contributed by atoms with Gasteiger partial charge in [-0.1, -0.05) is 13.8 Å². The van der Waals surface area contributed by atoms with Crippen molar-refractivity contribution in [1.29, 1.82) is 0 Å². The average Bonchev–Trinajstić information content (AvgIpc) is 2.81. The second-order valence-corrected chi connectivity index (χ2v) is 6.66. The summed E-state index contributed by atoms with van der Waals surface area (Å²) >= 11 is 0. The number of amides is 2. The van der Waals surface area contributed by atoms with Crippen LogP contribution in [0.25, 0.3) is 0 Å². The number of rotatable bonds is 3. The van der Waals surface area contributed by atoms with E-state index in [1.165, 1.54) is 6.42 Å². The zero-order valence-corrected chi connectivity index (χ0v) is 12.4. The predicted molar refractivity (Wildman–Crippen MR) is 76.4 cm³/mol. The number of carbonyl (C=O) groups is 2. The van der Waals surface area contributed by atoms with Gasteiger partial charge < -0.3 is 15.7 Å². The minimum absolute atomic E-state index is 0.00826. The van der Waals surface area contributed by atoms with Crippen molar-refractivity contribution in [1.82, 2.24) is 10.6 Å². The fourth-order valence-electron chi connectivity index (χ4n) is 3.61. The van der Waals surface area contributed by atoms with Crippen LogP contribution in [0.4, 0.5) is 4.79 Å². The highest BCUT2D eigenvalue weighted by Gasteiger charge is 2.31. The highest BCUT2D eigenvalue weighted by molar-refractivity contribution is 5.75. The molecule has 2 rings (SSSR count). The number of urea groups is 1. The van der Waals surface area contributed by atoms with Crippen LogP contribution in [0.2, 0.25) is 0 Å². The van der Waals surface area contributed by atoms with Gasteiger partial charge in [0.05, 0.1) is 5.92 Å². The van der Waals surface area contributed by atoms with Crippen LogP contribution in [-0.2, 0) is 4.79 Å². The van der Waals surface area contributed by atoms with Crippen molar-refractivity contribution in [3.63, 3.8) is 0 Å². The molecule has 5 nitrogen and oxygen atoms in total. The second kappa shape index (κ2) is 6.46. The normalized spacial score (nSPS) is 37.4. The van der Waals surface area contributed by atoms with E-state index < -0.39 is 5.97 Å². The Morgan fingerprint density at radius 3 is 2.35 bits per heavy atom. The van der Waals surface area contributed by atoms with Crippen LogP contribution < -0.4 is 10.6 Å². The molecule has 5 atom stereocenters. The van der Waals surface area contributed by atoms with Crippen molar-refractivity contribution < 1.29 is 14.7 Å². The topological polar surface area (TPSA) is 78.4 Å². The van der Waals surface area contributed by atoms with Gasteiger partial charge in [0.15, 0.2) is 0 Å². The van der Waals surface area contributed by atoms with E-state index >= 15 is 0 Å². The predicted octanol–water partition coefficient (Wildman–Crippen LogP) is 2.36. The molecule has 0 aromatic rings. The first-order valence-corrected chi connectivity index (χ1v) is 7.75. The molecule has 2 aliphatic rings. The van der Waals surface area contributed by atoms with E-state index in [1.807, 2.05) is 0 Å². The molecule has 2 aliphatic carbocycles. The average molecular weight is 282 g/mol. The Kier molecular flexibility index (Phi) is 4.89. The molecule has 0 radical (unpaired) electrons. The van der Waals surface area contributed by atoms with Crippen molar-refractivity contribution in [2.45, 2.75) is 64.5 Å². The standard InChI is InChI=1S/C15H26N2O3/c1-9-3-6-13(10(2)7-9)17-15(20)16-12-5-4-11(8-12)14(18)19/h9-13H,3-8H2,1-2H3,(H,18,19)(H2,16,17,20)/t9?,10?,11-,12+,13?/m1/s1.